The van der Waals surface area contributed by atoms with Crippen LogP contribution >= 0.6 is 0 Å². The first-order valence-electron chi connectivity index (χ1n) is 21.4. The van der Waals surface area contributed by atoms with Crippen LogP contribution in [0.3, 0.4) is 0 Å². The van der Waals surface area contributed by atoms with Crippen LogP contribution in [-0.4, -0.2) is 153 Å². The van der Waals surface area contributed by atoms with E-state index in [1.807, 2.05) is 0 Å². The van der Waals surface area contributed by atoms with Gasteiger partial charge in [0, 0.05) is 30.3 Å². The van der Waals surface area contributed by atoms with Gasteiger partial charge in [0.1, 0.15) is 48.8 Å². The van der Waals surface area contributed by atoms with E-state index in [0.717, 1.165) is 44.9 Å². The molecule has 0 aromatic rings. The van der Waals surface area contributed by atoms with Gasteiger partial charge in [-0.05, 0) is 78.4 Å². The van der Waals surface area contributed by atoms with E-state index in [2.05, 4.69) is 54.5 Å². The molecule has 0 amide bonds. The van der Waals surface area contributed by atoms with Crippen LogP contribution < -0.4 is 0 Å². The van der Waals surface area contributed by atoms with E-state index in [9.17, 15) is 46.0 Å². The summed E-state index contributed by atoms with van der Waals surface area (Å²) in [6.07, 6.45) is -7.82. The summed E-state index contributed by atoms with van der Waals surface area (Å²) < 4.78 is 30.9. The third-order valence-corrected chi connectivity index (χ3v) is 17.6. The minimum atomic E-state index is -1.76. The summed E-state index contributed by atoms with van der Waals surface area (Å²) in [6.45, 7) is 14.9. The molecule has 2 aliphatic heterocycles. The third kappa shape index (κ3) is 6.65. The summed E-state index contributed by atoms with van der Waals surface area (Å²) in [5.41, 5.74) is -0.321. The van der Waals surface area contributed by atoms with Crippen LogP contribution in [0.4, 0.5) is 0 Å². The van der Waals surface area contributed by atoms with E-state index in [-0.39, 0.29) is 57.5 Å². The molecule has 0 unspecified atom stereocenters. The number of methoxy groups -OCH3 is 1. The van der Waals surface area contributed by atoms with Crippen LogP contribution in [0.2, 0.25) is 0 Å². The first-order valence-corrected chi connectivity index (χ1v) is 21.4. The van der Waals surface area contributed by atoms with E-state index in [1.165, 1.54) is 5.57 Å². The molecule has 5 aliphatic carbocycles. The first kappa shape index (κ1) is 44.2. The first-order chi connectivity index (χ1) is 26.6. The lowest BCUT2D eigenvalue weighted by molar-refractivity contribution is -0.370. The highest BCUT2D eigenvalue weighted by molar-refractivity contribution is 5.36. The molecule has 0 bridgehead atoms. The topological polar surface area (TPSA) is 228 Å². The number of aliphatic hydroxyl groups excluding tert-OH is 9. The van der Waals surface area contributed by atoms with E-state index >= 15 is 0 Å². The molecule has 7 aliphatic rings. The lowest BCUT2D eigenvalue weighted by Crippen LogP contribution is -2.71. The van der Waals surface area contributed by atoms with Crippen molar-refractivity contribution in [2.75, 3.05) is 26.9 Å². The maximum absolute atomic E-state index is 12.0. The fraction of sp³-hybridized carbons (Fsp3) is 0.953. The molecule has 7 rings (SSSR count). The minimum Gasteiger partial charge on any atom is -0.394 e. The predicted octanol–water partition coefficient (Wildman–Crippen LogP) is 1.39. The van der Waals surface area contributed by atoms with Gasteiger partial charge in [0.25, 0.3) is 0 Å². The van der Waals surface area contributed by atoms with Crippen molar-refractivity contribution >= 4 is 0 Å². The summed E-state index contributed by atoms with van der Waals surface area (Å²) in [5, 5.41) is 96.9. The fourth-order valence-electron chi connectivity index (χ4n) is 13.7. The molecule has 0 aromatic heterocycles. The van der Waals surface area contributed by atoms with Crippen molar-refractivity contribution in [1.29, 1.82) is 0 Å². The highest BCUT2D eigenvalue weighted by Gasteiger charge is 2.72. The van der Waals surface area contributed by atoms with Crippen LogP contribution in [-0.2, 0) is 23.7 Å². The van der Waals surface area contributed by atoms with Crippen molar-refractivity contribution in [3.05, 3.63) is 11.6 Å². The Morgan fingerprint density at radius 1 is 0.719 bits per heavy atom. The maximum atomic E-state index is 12.0. The second-order valence-corrected chi connectivity index (χ2v) is 21.2. The Morgan fingerprint density at radius 3 is 1.96 bits per heavy atom. The second-order valence-electron chi connectivity index (χ2n) is 21.2. The highest BCUT2D eigenvalue weighted by Crippen LogP contribution is 2.76. The van der Waals surface area contributed by atoms with Crippen molar-refractivity contribution in [3.63, 3.8) is 0 Å². The lowest BCUT2D eigenvalue weighted by Gasteiger charge is -2.73. The Balaban J connectivity index is 1.22. The third-order valence-electron chi connectivity index (χ3n) is 17.6. The van der Waals surface area contributed by atoms with Crippen molar-refractivity contribution < 1.29 is 69.6 Å². The summed E-state index contributed by atoms with van der Waals surface area (Å²) >= 11 is 0. The van der Waals surface area contributed by atoms with Gasteiger partial charge < -0.3 is 69.6 Å². The summed E-state index contributed by atoms with van der Waals surface area (Å²) in [4.78, 5) is 0. The minimum absolute atomic E-state index is 0.00363. The Hall–Kier alpha value is -0.820. The maximum Gasteiger partial charge on any atom is 0.187 e. The Bertz CT molecular complexity index is 1490. The standard InChI is InChI=1S/C43H72O14/c1-38(2)11-13-43(20-54-37-34(32(51)30(49)25(19-45)56-37)57-36-33(52)31(50)29(48)24(18-44)55-36)14-12-40(5)21(22(43)17-38)15-23(53-8)35-41(40,6)10-9-26-39(3,4)27(46)16-28(47)42(26,35)7/h15,22-37,44-52H,9-14,16-20H2,1-8H3/t22-,23+,24+,25+,26-,27-,28+,29+,30+,31-,32-,33+,34+,35-,36-,37+,40+,41+,42+,43+/m0/s1. The van der Waals surface area contributed by atoms with Crippen LogP contribution in [0.1, 0.15) is 99.8 Å². The van der Waals surface area contributed by atoms with Gasteiger partial charge in [0.2, 0.25) is 0 Å². The Morgan fingerprint density at radius 2 is 1.33 bits per heavy atom. The normalized spacial score (nSPS) is 54.4. The zero-order chi connectivity index (χ0) is 41.8. The summed E-state index contributed by atoms with van der Waals surface area (Å²) in [7, 11) is 1.77. The van der Waals surface area contributed by atoms with E-state index in [4.69, 9.17) is 23.7 Å². The molecule has 0 radical (unpaired) electrons. The zero-order valence-corrected chi connectivity index (χ0v) is 35.2. The Labute approximate surface area is 337 Å². The van der Waals surface area contributed by atoms with Crippen LogP contribution in [0.5, 0.6) is 0 Å². The van der Waals surface area contributed by atoms with Crippen molar-refractivity contribution in [1.82, 2.24) is 0 Å². The number of hydrogen-bond donors (Lipinski definition) is 9. The molecule has 0 spiro atoms. The van der Waals surface area contributed by atoms with Crippen molar-refractivity contribution in [2.24, 2.45) is 50.2 Å². The van der Waals surface area contributed by atoms with E-state index in [0.29, 0.717) is 6.42 Å². The zero-order valence-electron chi connectivity index (χ0n) is 35.2. The quantitative estimate of drug-likeness (QED) is 0.158. The fourth-order valence-corrected chi connectivity index (χ4v) is 13.7. The number of aliphatic hydroxyl groups is 9. The van der Waals surface area contributed by atoms with Crippen molar-refractivity contribution in [3.8, 4) is 0 Å². The van der Waals surface area contributed by atoms with Gasteiger partial charge in [-0.2, -0.15) is 0 Å². The largest absolute Gasteiger partial charge is 0.394 e. The van der Waals surface area contributed by atoms with Gasteiger partial charge in [-0.25, -0.2) is 0 Å². The second kappa shape index (κ2) is 15.2. The average Bonchev–Trinajstić information content (AvgIpc) is 3.16. The smallest absolute Gasteiger partial charge is 0.187 e. The molecule has 328 valence electrons. The van der Waals surface area contributed by atoms with Gasteiger partial charge in [-0.3, -0.25) is 0 Å². The number of allylic oxidation sites excluding steroid dienone is 1. The summed E-state index contributed by atoms with van der Waals surface area (Å²) in [5.74, 6) is 0.185. The Kier molecular flexibility index (Phi) is 11.8. The molecule has 4 saturated carbocycles. The van der Waals surface area contributed by atoms with E-state index in [1.54, 1.807) is 7.11 Å². The van der Waals surface area contributed by atoms with Gasteiger partial charge >= 0.3 is 0 Å². The molecule has 2 saturated heterocycles. The highest BCUT2D eigenvalue weighted by atomic mass is 16.8. The van der Waals surface area contributed by atoms with E-state index < -0.39 is 92.2 Å². The van der Waals surface area contributed by atoms with Crippen molar-refractivity contribution in [2.45, 2.75) is 180 Å². The van der Waals surface area contributed by atoms with Gasteiger partial charge in [0.15, 0.2) is 12.6 Å². The molecule has 57 heavy (non-hydrogen) atoms. The molecule has 0 aromatic carbocycles. The number of fused-ring (bicyclic) bond motifs is 7. The SMILES string of the molecule is CO[C@@H]1C=C2[C@@H]3CC(C)(C)CC[C@]3(CO[C@@H]3O[C@H](CO)[C@@H](O)[C@H](O)[C@H]3O[C@@H]3O[C@H](CO)[C@@H](O)[C@H](O)[C@H]3O)CC[C@@]2(C)[C@]2(C)CC[C@H]3C(C)(C)[C@@H](O)C[C@@H](O)[C@]3(C)[C@@H]12. The predicted molar refractivity (Wildman–Crippen MR) is 205 cm³/mol. The van der Waals surface area contributed by atoms with Gasteiger partial charge in [0.05, 0.1) is 38.1 Å². The average molecular weight is 813 g/mol. The molecular weight excluding hydrogens is 740 g/mol. The molecular formula is C43H72O14. The number of hydrogen-bond acceptors (Lipinski definition) is 14. The molecule has 20 atom stereocenters. The molecule has 9 N–H and O–H groups in total. The number of ether oxygens (including phenoxy) is 5. The molecule has 2 heterocycles. The molecule has 14 heteroatoms. The van der Waals surface area contributed by atoms with Gasteiger partial charge in [-0.15, -0.1) is 0 Å². The molecule has 6 fully saturated rings. The molecule has 14 nitrogen and oxygen atoms in total. The van der Waals surface area contributed by atoms with Crippen LogP contribution in [0.15, 0.2) is 11.6 Å². The van der Waals surface area contributed by atoms with Gasteiger partial charge in [-0.1, -0.05) is 60.1 Å². The van der Waals surface area contributed by atoms with Crippen LogP contribution in [0, 0.1) is 50.2 Å². The lowest BCUT2D eigenvalue weighted by atomic mass is 9.32. The summed E-state index contributed by atoms with van der Waals surface area (Å²) in [6, 6.07) is 0. The van der Waals surface area contributed by atoms with Crippen LogP contribution in [0.25, 0.3) is 0 Å². The number of rotatable bonds is 8. The monoisotopic (exact) mass is 812 g/mol.